The third kappa shape index (κ3) is 3.37. The van der Waals surface area contributed by atoms with Crippen molar-refractivity contribution >= 4 is 23.2 Å². The third-order valence-corrected chi connectivity index (χ3v) is 4.50. The number of anilines is 2. The van der Waals surface area contributed by atoms with E-state index < -0.39 is 11.7 Å². The molecule has 2 amide bonds. The molecule has 0 bridgehead atoms. The molecule has 0 spiro atoms. The van der Waals surface area contributed by atoms with Gasteiger partial charge < -0.3 is 20.5 Å². The van der Waals surface area contributed by atoms with Crippen molar-refractivity contribution in [1.29, 1.82) is 5.26 Å². The highest BCUT2D eigenvalue weighted by Crippen LogP contribution is 2.28. The average Bonchev–Trinajstić information content (AvgIpc) is 3.21. The van der Waals surface area contributed by atoms with E-state index in [2.05, 4.69) is 5.32 Å². The minimum absolute atomic E-state index is 0.192. The van der Waals surface area contributed by atoms with Crippen LogP contribution in [0.25, 0.3) is 0 Å². The van der Waals surface area contributed by atoms with Gasteiger partial charge in [-0.2, -0.15) is 5.26 Å². The van der Waals surface area contributed by atoms with E-state index in [4.69, 9.17) is 11.0 Å². The second-order valence-corrected chi connectivity index (χ2v) is 6.29. The van der Waals surface area contributed by atoms with Crippen molar-refractivity contribution in [2.45, 2.75) is 6.42 Å². The summed E-state index contributed by atoms with van der Waals surface area (Å²) in [6.07, 6.45) is 2.20. The molecule has 0 saturated carbocycles. The summed E-state index contributed by atoms with van der Waals surface area (Å²) in [5.41, 5.74) is 6.70. The van der Waals surface area contributed by atoms with Gasteiger partial charge >= 0.3 is 0 Å². The Hall–Kier alpha value is -3.34. The Bertz CT molecular complexity index is 915. The maximum absolute atomic E-state index is 14.1. The summed E-state index contributed by atoms with van der Waals surface area (Å²) in [4.78, 5) is 25.5. The first-order valence-electron chi connectivity index (χ1n) is 8.10. The van der Waals surface area contributed by atoms with E-state index in [1.165, 1.54) is 12.1 Å². The number of rotatable bonds is 4. The van der Waals surface area contributed by atoms with Gasteiger partial charge in [-0.15, -0.1) is 0 Å². The van der Waals surface area contributed by atoms with Gasteiger partial charge in [-0.05, 0) is 30.7 Å². The maximum Gasteiger partial charge on any atom is 0.265 e. The van der Waals surface area contributed by atoms with Gasteiger partial charge in [-0.1, -0.05) is 0 Å². The number of carbonyl (C=O) groups is 2. The minimum atomic E-state index is -0.573. The van der Waals surface area contributed by atoms with Gasteiger partial charge in [0.2, 0.25) is 5.91 Å². The van der Waals surface area contributed by atoms with Gasteiger partial charge in [-0.3, -0.25) is 9.59 Å². The van der Waals surface area contributed by atoms with E-state index in [1.54, 1.807) is 34.8 Å². The molecule has 3 rings (SSSR count). The lowest BCUT2D eigenvalue weighted by Crippen LogP contribution is -2.27. The van der Waals surface area contributed by atoms with Crippen molar-refractivity contribution in [2.75, 3.05) is 23.3 Å². The highest BCUT2D eigenvalue weighted by atomic mass is 19.1. The fourth-order valence-corrected chi connectivity index (χ4v) is 3.15. The van der Waals surface area contributed by atoms with Crippen LogP contribution < -0.4 is 16.0 Å². The molecule has 1 atom stereocenters. The smallest absolute Gasteiger partial charge is 0.265 e. The number of halogens is 1. The number of hydrogen-bond donors (Lipinski definition) is 2. The highest BCUT2D eigenvalue weighted by Gasteiger charge is 2.30. The molecule has 1 fully saturated rings. The second kappa shape index (κ2) is 6.88. The van der Waals surface area contributed by atoms with Gasteiger partial charge in [0.1, 0.15) is 11.5 Å². The largest absolute Gasteiger partial charge is 0.368 e. The first kappa shape index (κ1) is 17.5. The maximum atomic E-state index is 14.1. The van der Waals surface area contributed by atoms with Crippen molar-refractivity contribution in [3.05, 3.63) is 47.5 Å². The molecule has 2 heterocycles. The number of primary amides is 1. The third-order valence-electron chi connectivity index (χ3n) is 4.50. The van der Waals surface area contributed by atoms with Gasteiger partial charge in [0.25, 0.3) is 5.91 Å². The van der Waals surface area contributed by atoms with Crippen LogP contribution in [0.2, 0.25) is 0 Å². The molecule has 134 valence electrons. The van der Waals surface area contributed by atoms with Gasteiger partial charge in [0.15, 0.2) is 0 Å². The number of nitrogens with one attached hydrogen (secondary N) is 1. The Morgan fingerprint density at radius 2 is 2.15 bits per heavy atom. The summed E-state index contributed by atoms with van der Waals surface area (Å²) in [7, 11) is 1.67. The van der Waals surface area contributed by atoms with Gasteiger partial charge in [0, 0.05) is 26.3 Å². The molecule has 0 radical (unpaired) electrons. The SMILES string of the molecule is Cn1cc(NC(=O)C2CCN(c3ccc(C#N)cc3F)C2)cc1C(N)=O. The fraction of sp³-hybridized carbons (Fsp3) is 0.278. The van der Waals surface area contributed by atoms with Crippen molar-refractivity contribution in [2.24, 2.45) is 18.7 Å². The topological polar surface area (TPSA) is 104 Å². The van der Waals surface area contributed by atoms with Crippen LogP contribution in [-0.2, 0) is 11.8 Å². The lowest BCUT2D eigenvalue weighted by Gasteiger charge is -2.19. The Morgan fingerprint density at radius 3 is 2.77 bits per heavy atom. The number of nitrogens with zero attached hydrogens (tertiary/aromatic N) is 3. The van der Waals surface area contributed by atoms with Gasteiger partial charge in [-0.25, -0.2) is 4.39 Å². The Kier molecular flexibility index (Phi) is 4.63. The van der Waals surface area contributed by atoms with Crippen molar-refractivity contribution in [3.63, 3.8) is 0 Å². The van der Waals surface area contributed by atoms with E-state index in [0.29, 0.717) is 36.6 Å². The molecule has 8 heteroatoms. The predicted molar refractivity (Wildman–Crippen MR) is 94.0 cm³/mol. The number of nitriles is 1. The van der Waals surface area contributed by atoms with E-state index in [-0.39, 0.29) is 17.4 Å². The molecule has 2 aromatic rings. The first-order chi connectivity index (χ1) is 12.4. The zero-order valence-corrected chi connectivity index (χ0v) is 14.2. The van der Waals surface area contributed by atoms with Crippen LogP contribution in [0.1, 0.15) is 22.5 Å². The Balaban J connectivity index is 1.67. The monoisotopic (exact) mass is 355 g/mol. The van der Waals surface area contributed by atoms with E-state index in [9.17, 15) is 14.0 Å². The summed E-state index contributed by atoms with van der Waals surface area (Å²) >= 11 is 0. The summed E-state index contributed by atoms with van der Waals surface area (Å²) in [6, 6.07) is 7.73. The lowest BCUT2D eigenvalue weighted by molar-refractivity contribution is -0.119. The summed E-state index contributed by atoms with van der Waals surface area (Å²) in [5.74, 6) is -1.54. The number of benzene rings is 1. The van der Waals surface area contributed by atoms with Crippen LogP contribution in [-0.4, -0.2) is 29.5 Å². The number of carbonyl (C=O) groups excluding carboxylic acids is 2. The van der Waals surface area contributed by atoms with Crippen LogP contribution in [0, 0.1) is 23.1 Å². The van der Waals surface area contributed by atoms with Crippen LogP contribution in [0.15, 0.2) is 30.5 Å². The van der Waals surface area contributed by atoms with Crippen LogP contribution in [0.3, 0.4) is 0 Å². The van der Waals surface area contributed by atoms with Crippen molar-refractivity contribution in [1.82, 2.24) is 4.57 Å². The molecule has 1 aromatic heterocycles. The molecule has 3 N–H and O–H groups in total. The van der Waals surface area contributed by atoms with Crippen LogP contribution in [0.5, 0.6) is 0 Å². The van der Waals surface area contributed by atoms with Crippen LogP contribution in [0.4, 0.5) is 15.8 Å². The second-order valence-electron chi connectivity index (χ2n) is 6.29. The average molecular weight is 355 g/mol. The zero-order chi connectivity index (χ0) is 18.8. The summed E-state index contributed by atoms with van der Waals surface area (Å²) in [5, 5.41) is 11.6. The Labute approximate surface area is 149 Å². The molecule has 26 heavy (non-hydrogen) atoms. The minimum Gasteiger partial charge on any atom is -0.368 e. The predicted octanol–water partition coefficient (Wildman–Crippen LogP) is 1.60. The zero-order valence-electron chi connectivity index (χ0n) is 14.2. The molecule has 1 saturated heterocycles. The van der Waals surface area contributed by atoms with E-state index >= 15 is 0 Å². The molecule has 1 aliphatic heterocycles. The first-order valence-corrected chi connectivity index (χ1v) is 8.10. The highest BCUT2D eigenvalue weighted by molar-refractivity contribution is 5.96. The summed E-state index contributed by atoms with van der Waals surface area (Å²) in [6.45, 7) is 0.923. The molecule has 7 nitrogen and oxygen atoms in total. The molecular formula is C18H18FN5O2. The molecule has 1 unspecified atom stereocenters. The number of aryl methyl sites for hydroxylation is 1. The van der Waals surface area contributed by atoms with Crippen molar-refractivity contribution in [3.8, 4) is 6.07 Å². The van der Waals surface area contributed by atoms with Crippen LogP contribution >= 0.6 is 0 Å². The summed E-state index contributed by atoms with van der Waals surface area (Å²) < 4.78 is 15.7. The molecule has 0 aliphatic carbocycles. The standard InChI is InChI=1S/C18H18FN5O2/c1-23-10-13(7-16(23)17(21)25)22-18(26)12-4-5-24(9-12)15-3-2-11(8-20)6-14(15)19/h2-3,6-7,10,12H,4-5,9H2,1H3,(H2,21,25)(H,22,26). The van der Waals surface area contributed by atoms with E-state index in [0.717, 1.165) is 0 Å². The lowest BCUT2D eigenvalue weighted by atomic mass is 10.1. The normalized spacial score (nSPS) is 16.3. The number of hydrogen-bond acceptors (Lipinski definition) is 4. The molecule has 1 aromatic carbocycles. The van der Waals surface area contributed by atoms with Gasteiger partial charge in [0.05, 0.1) is 28.9 Å². The Morgan fingerprint density at radius 1 is 1.38 bits per heavy atom. The quantitative estimate of drug-likeness (QED) is 0.869. The van der Waals surface area contributed by atoms with Crippen molar-refractivity contribution < 1.29 is 14.0 Å². The molecule has 1 aliphatic rings. The molecular weight excluding hydrogens is 337 g/mol. The van der Waals surface area contributed by atoms with E-state index in [1.807, 2.05) is 6.07 Å². The number of amides is 2. The number of aromatic nitrogens is 1. The fourth-order valence-electron chi connectivity index (χ4n) is 3.15. The number of nitrogens with two attached hydrogens (primary N) is 1.